The van der Waals surface area contributed by atoms with Crippen LogP contribution in [0, 0.1) is 5.41 Å². The molecule has 0 amide bonds. The number of likely N-dealkylation sites (tertiary alicyclic amines) is 1. The number of nitrogens with zero attached hydrogens (tertiary/aromatic N) is 2. The molecule has 0 radical (unpaired) electrons. The van der Waals surface area contributed by atoms with Gasteiger partial charge in [-0.05, 0) is 56.4 Å². The first kappa shape index (κ1) is 16.3. The molecule has 23 heavy (non-hydrogen) atoms. The zero-order chi connectivity index (χ0) is 16.3. The molecule has 0 N–H and O–H groups in total. The molecule has 126 valence electrons. The summed E-state index contributed by atoms with van der Waals surface area (Å²) in [6, 6.07) is 7.61. The fourth-order valence-corrected chi connectivity index (χ4v) is 3.49. The van der Waals surface area contributed by atoms with Gasteiger partial charge >= 0.3 is 5.76 Å². The maximum Gasteiger partial charge on any atom is 0.419 e. The molecule has 1 fully saturated rings. The molecule has 1 saturated heterocycles. The lowest BCUT2D eigenvalue weighted by Crippen LogP contribution is -2.41. The molecule has 3 rings (SSSR count). The molecular formula is C18H26N2O3. The average molecular weight is 318 g/mol. The van der Waals surface area contributed by atoms with Gasteiger partial charge in [0, 0.05) is 13.7 Å². The summed E-state index contributed by atoms with van der Waals surface area (Å²) in [5.74, 6) is -0.252. The van der Waals surface area contributed by atoms with Crippen molar-refractivity contribution in [2.45, 2.75) is 32.7 Å². The lowest BCUT2D eigenvalue weighted by molar-refractivity contribution is 0.0339. The molecule has 0 atom stereocenters. The van der Waals surface area contributed by atoms with E-state index in [1.54, 1.807) is 11.7 Å². The highest BCUT2D eigenvalue weighted by Crippen LogP contribution is 2.30. The normalized spacial score (nSPS) is 18.5. The van der Waals surface area contributed by atoms with Gasteiger partial charge in [0.2, 0.25) is 0 Å². The summed E-state index contributed by atoms with van der Waals surface area (Å²) in [6.45, 7) is 7.11. The molecule has 5 heteroatoms. The van der Waals surface area contributed by atoms with Gasteiger partial charge < -0.3 is 14.1 Å². The lowest BCUT2D eigenvalue weighted by Gasteiger charge is -2.39. The molecule has 0 unspecified atom stereocenters. The lowest BCUT2D eigenvalue weighted by atomic mass is 9.81. The van der Waals surface area contributed by atoms with Gasteiger partial charge in [0.25, 0.3) is 0 Å². The molecule has 0 aliphatic carbocycles. The Kier molecular flexibility index (Phi) is 4.87. The number of oxazole rings is 1. The molecule has 1 aliphatic heterocycles. The van der Waals surface area contributed by atoms with E-state index in [4.69, 9.17) is 9.15 Å². The van der Waals surface area contributed by atoms with Crippen molar-refractivity contribution in [2.75, 3.05) is 33.4 Å². The number of ether oxygens (including phenoxy) is 1. The average Bonchev–Trinajstić information content (AvgIpc) is 2.85. The molecule has 2 heterocycles. The molecule has 0 bridgehead atoms. The first-order chi connectivity index (χ1) is 11.1. The van der Waals surface area contributed by atoms with Crippen LogP contribution in [0.3, 0.4) is 0 Å². The fraction of sp³-hybridized carbons (Fsp3) is 0.611. The van der Waals surface area contributed by atoms with Gasteiger partial charge in [-0.3, -0.25) is 4.57 Å². The van der Waals surface area contributed by atoms with E-state index in [0.717, 1.165) is 38.2 Å². The Hall–Kier alpha value is -1.59. The van der Waals surface area contributed by atoms with Crippen LogP contribution in [-0.2, 0) is 11.3 Å². The van der Waals surface area contributed by atoms with E-state index < -0.39 is 0 Å². The van der Waals surface area contributed by atoms with Crippen LogP contribution in [0.2, 0.25) is 0 Å². The minimum absolute atomic E-state index is 0.252. The summed E-state index contributed by atoms with van der Waals surface area (Å²) in [6.07, 6.45) is 3.31. The van der Waals surface area contributed by atoms with Crippen LogP contribution < -0.4 is 5.76 Å². The first-order valence-corrected chi connectivity index (χ1v) is 8.41. The second-order valence-electron chi connectivity index (χ2n) is 6.93. The molecule has 0 saturated carbocycles. The third-order valence-electron chi connectivity index (χ3n) is 4.99. The summed E-state index contributed by atoms with van der Waals surface area (Å²) < 4.78 is 12.4. The van der Waals surface area contributed by atoms with Gasteiger partial charge in [-0.2, -0.15) is 0 Å². The van der Waals surface area contributed by atoms with Crippen LogP contribution in [-0.4, -0.2) is 42.8 Å². The van der Waals surface area contributed by atoms with Crippen molar-refractivity contribution in [1.29, 1.82) is 0 Å². The highest BCUT2D eigenvalue weighted by atomic mass is 16.5. The van der Waals surface area contributed by atoms with Crippen LogP contribution >= 0.6 is 0 Å². The Labute approximate surface area is 136 Å². The van der Waals surface area contributed by atoms with Crippen molar-refractivity contribution in [3.63, 3.8) is 0 Å². The van der Waals surface area contributed by atoms with Crippen LogP contribution in [0.15, 0.2) is 33.5 Å². The minimum atomic E-state index is -0.252. The number of methoxy groups -OCH3 is 1. The summed E-state index contributed by atoms with van der Waals surface area (Å²) in [4.78, 5) is 14.4. The minimum Gasteiger partial charge on any atom is -0.408 e. The number of aromatic nitrogens is 1. The summed E-state index contributed by atoms with van der Waals surface area (Å²) in [7, 11) is 1.78. The number of aryl methyl sites for hydroxylation is 1. The monoisotopic (exact) mass is 318 g/mol. The number of rotatable bonds is 6. The van der Waals surface area contributed by atoms with E-state index in [-0.39, 0.29) is 5.76 Å². The predicted octanol–water partition coefficient (Wildman–Crippen LogP) is 2.73. The Bertz CT molecular complexity index is 696. The van der Waals surface area contributed by atoms with Crippen molar-refractivity contribution < 1.29 is 9.15 Å². The smallest absolute Gasteiger partial charge is 0.408 e. The van der Waals surface area contributed by atoms with Crippen molar-refractivity contribution in [3.05, 3.63) is 34.8 Å². The quantitative estimate of drug-likeness (QED) is 0.822. The SMILES string of the molecule is COCC1(C)CCN(CCCn2c(=O)oc3ccccc32)CC1. The molecule has 1 aromatic heterocycles. The summed E-state index contributed by atoms with van der Waals surface area (Å²) in [5.41, 5.74) is 1.89. The van der Waals surface area contributed by atoms with E-state index in [2.05, 4.69) is 11.8 Å². The Balaban J connectivity index is 1.52. The summed E-state index contributed by atoms with van der Waals surface area (Å²) in [5, 5.41) is 0. The van der Waals surface area contributed by atoms with E-state index in [9.17, 15) is 4.79 Å². The first-order valence-electron chi connectivity index (χ1n) is 8.41. The number of fused-ring (bicyclic) bond motifs is 1. The van der Waals surface area contributed by atoms with Gasteiger partial charge in [0.05, 0.1) is 12.1 Å². The van der Waals surface area contributed by atoms with E-state index >= 15 is 0 Å². The zero-order valence-corrected chi connectivity index (χ0v) is 14.1. The second kappa shape index (κ2) is 6.89. The van der Waals surface area contributed by atoms with Gasteiger partial charge in [0.15, 0.2) is 5.58 Å². The van der Waals surface area contributed by atoms with Gasteiger partial charge in [-0.15, -0.1) is 0 Å². The van der Waals surface area contributed by atoms with Gasteiger partial charge in [-0.1, -0.05) is 19.1 Å². The van der Waals surface area contributed by atoms with Crippen LogP contribution in [0.1, 0.15) is 26.2 Å². The van der Waals surface area contributed by atoms with Gasteiger partial charge in [-0.25, -0.2) is 4.79 Å². The Morgan fingerprint density at radius 3 is 2.70 bits per heavy atom. The molecular weight excluding hydrogens is 292 g/mol. The Morgan fingerprint density at radius 2 is 1.96 bits per heavy atom. The number of hydrogen-bond donors (Lipinski definition) is 0. The van der Waals surface area contributed by atoms with E-state index in [1.165, 1.54) is 12.8 Å². The number of para-hydroxylation sites is 2. The van der Waals surface area contributed by atoms with Crippen LogP contribution in [0.25, 0.3) is 11.1 Å². The fourth-order valence-electron chi connectivity index (χ4n) is 3.49. The van der Waals surface area contributed by atoms with Crippen molar-refractivity contribution in [2.24, 2.45) is 5.41 Å². The number of hydrogen-bond acceptors (Lipinski definition) is 4. The van der Waals surface area contributed by atoms with E-state index in [0.29, 0.717) is 17.5 Å². The topological polar surface area (TPSA) is 47.6 Å². The maximum atomic E-state index is 11.9. The number of benzene rings is 1. The highest BCUT2D eigenvalue weighted by molar-refractivity contribution is 5.72. The van der Waals surface area contributed by atoms with E-state index in [1.807, 2.05) is 24.3 Å². The maximum absolute atomic E-state index is 11.9. The van der Waals surface area contributed by atoms with Crippen LogP contribution in [0.5, 0.6) is 0 Å². The Morgan fingerprint density at radius 1 is 1.22 bits per heavy atom. The van der Waals surface area contributed by atoms with Crippen molar-refractivity contribution in [1.82, 2.24) is 9.47 Å². The molecule has 2 aromatic rings. The molecule has 1 aliphatic rings. The third-order valence-corrected chi connectivity index (χ3v) is 4.99. The standard InChI is InChI=1S/C18H26N2O3/c1-18(14-22-2)8-12-19(13-9-18)10-5-11-20-15-6-3-4-7-16(15)23-17(20)21/h3-4,6-7H,5,8-14H2,1-2H3. The number of piperidine rings is 1. The summed E-state index contributed by atoms with van der Waals surface area (Å²) >= 11 is 0. The molecule has 5 nitrogen and oxygen atoms in total. The molecule has 1 aromatic carbocycles. The predicted molar refractivity (Wildman–Crippen MR) is 90.7 cm³/mol. The second-order valence-corrected chi connectivity index (χ2v) is 6.93. The van der Waals surface area contributed by atoms with Crippen molar-refractivity contribution >= 4 is 11.1 Å². The zero-order valence-electron chi connectivity index (χ0n) is 14.1. The van der Waals surface area contributed by atoms with Gasteiger partial charge in [0.1, 0.15) is 0 Å². The molecule has 0 spiro atoms. The highest BCUT2D eigenvalue weighted by Gasteiger charge is 2.29. The van der Waals surface area contributed by atoms with Crippen LogP contribution in [0.4, 0.5) is 0 Å². The van der Waals surface area contributed by atoms with Crippen molar-refractivity contribution in [3.8, 4) is 0 Å². The largest absolute Gasteiger partial charge is 0.419 e. The third kappa shape index (κ3) is 3.67.